The van der Waals surface area contributed by atoms with Crippen LogP contribution in [0.4, 0.5) is 0 Å². The van der Waals surface area contributed by atoms with Crippen molar-refractivity contribution >= 4 is 35.8 Å². The van der Waals surface area contributed by atoms with E-state index in [-0.39, 0.29) is 36.4 Å². The molecule has 0 spiro atoms. The van der Waals surface area contributed by atoms with E-state index >= 15 is 0 Å². The average molecular weight is 436 g/mol. The van der Waals surface area contributed by atoms with Crippen LogP contribution in [-0.4, -0.2) is 50.0 Å². The summed E-state index contributed by atoms with van der Waals surface area (Å²) in [5, 5.41) is 6.70. The zero-order valence-electron chi connectivity index (χ0n) is 15.0. The van der Waals surface area contributed by atoms with Gasteiger partial charge in [-0.3, -0.25) is 4.79 Å². The molecule has 134 valence electrons. The van der Waals surface area contributed by atoms with Gasteiger partial charge in [-0.05, 0) is 45.4 Å². The molecule has 0 aromatic carbocycles. The summed E-state index contributed by atoms with van der Waals surface area (Å²) in [5.41, 5.74) is 1.55. The van der Waals surface area contributed by atoms with E-state index in [1.165, 1.54) is 25.7 Å². The summed E-state index contributed by atoms with van der Waals surface area (Å²) in [6, 6.07) is 0.342. The molecule has 1 aliphatic rings. The number of aliphatic imine (C=N–C) groups is 1. The highest BCUT2D eigenvalue weighted by atomic mass is 127. The lowest BCUT2D eigenvalue weighted by Crippen LogP contribution is -2.43. The Hall–Kier alpha value is -0.790. The molecule has 6 heteroatoms. The van der Waals surface area contributed by atoms with Gasteiger partial charge in [0.1, 0.15) is 6.54 Å². The summed E-state index contributed by atoms with van der Waals surface area (Å²) in [6.07, 6.45) is 9.54. The number of guanidine groups is 1. The monoisotopic (exact) mass is 436 g/mol. The average Bonchev–Trinajstić information content (AvgIpc) is 2.52. The minimum absolute atomic E-state index is 0. The molecule has 0 aromatic heterocycles. The second-order valence-electron chi connectivity index (χ2n) is 6.19. The second-order valence-corrected chi connectivity index (χ2v) is 6.19. The van der Waals surface area contributed by atoms with Gasteiger partial charge < -0.3 is 15.5 Å². The molecule has 0 heterocycles. The van der Waals surface area contributed by atoms with Crippen LogP contribution in [0.2, 0.25) is 0 Å². The highest BCUT2D eigenvalue weighted by Gasteiger charge is 2.08. The van der Waals surface area contributed by atoms with E-state index in [1.807, 2.05) is 0 Å². The van der Waals surface area contributed by atoms with Crippen molar-refractivity contribution in [2.75, 3.05) is 27.2 Å². The molecular formula is C17H33IN4O. The molecule has 0 aromatic rings. The minimum atomic E-state index is 0. The van der Waals surface area contributed by atoms with Gasteiger partial charge in [0.2, 0.25) is 5.91 Å². The molecule has 0 aliphatic heterocycles. The number of halogens is 1. The molecule has 0 bridgehead atoms. The maximum Gasteiger partial charge on any atom is 0.243 e. The summed E-state index contributed by atoms with van der Waals surface area (Å²) in [5.74, 6) is 0.751. The number of carbonyl (C=O) groups is 1. The van der Waals surface area contributed by atoms with Crippen LogP contribution >= 0.6 is 24.0 Å². The van der Waals surface area contributed by atoms with Crippen molar-refractivity contribution in [3.05, 3.63) is 11.6 Å². The van der Waals surface area contributed by atoms with E-state index in [0.29, 0.717) is 6.04 Å². The van der Waals surface area contributed by atoms with Gasteiger partial charge in [-0.15, -0.1) is 24.0 Å². The third-order valence-corrected chi connectivity index (χ3v) is 3.99. The Morgan fingerprint density at radius 2 is 2.13 bits per heavy atom. The first-order valence-electron chi connectivity index (χ1n) is 8.45. The lowest BCUT2D eigenvalue weighted by atomic mass is 9.97. The Labute approximate surface area is 158 Å². The third-order valence-electron chi connectivity index (χ3n) is 3.99. The summed E-state index contributed by atoms with van der Waals surface area (Å²) in [6.45, 7) is 5.30. The zero-order valence-corrected chi connectivity index (χ0v) is 17.4. The van der Waals surface area contributed by atoms with Gasteiger partial charge in [0.15, 0.2) is 5.96 Å². The van der Waals surface area contributed by atoms with Gasteiger partial charge in [0.05, 0.1) is 0 Å². The molecule has 1 unspecified atom stereocenters. The normalized spacial score (nSPS) is 16.0. The van der Waals surface area contributed by atoms with E-state index in [4.69, 9.17) is 0 Å². The molecule has 23 heavy (non-hydrogen) atoms. The quantitative estimate of drug-likeness (QED) is 0.279. The Morgan fingerprint density at radius 1 is 1.39 bits per heavy atom. The molecule has 0 radical (unpaired) electrons. The second kappa shape index (κ2) is 12.6. The number of nitrogens with zero attached hydrogens (tertiary/aromatic N) is 2. The first kappa shape index (κ1) is 22.2. The maximum atomic E-state index is 11.7. The van der Waals surface area contributed by atoms with Gasteiger partial charge in [0, 0.05) is 26.7 Å². The fraction of sp³-hybridized carbons (Fsp3) is 0.765. The lowest BCUT2D eigenvalue weighted by Gasteiger charge is -2.18. The molecule has 1 amide bonds. The summed E-state index contributed by atoms with van der Waals surface area (Å²) < 4.78 is 0. The number of carbonyl (C=O) groups excluding carboxylic acids is 1. The third kappa shape index (κ3) is 9.84. The molecule has 2 N–H and O–H groups in total. The highest BCUT2D eigenvalue weighted by Crippen LogP contribution is 2.19. The van der Waals surface area contributed by atoms with Gasteiger partial charge in [-0.1, -0.05) is 18.6 Å². The highest BCUT2D eigenvalue weighted by molar-refractivity contribution is 14.0. The van der Waals surface area contributed by atoms with Gasteiger partial charge >= 0.3 is 0 Å². The summed E-state index contributed by atoms with van der Waals surface area (Å²) in [7, 11) is 3.51. The number of hydrogen-bond donors (Lipinski definition) is 2. The Morgan fingerprint density at radius 3 is 2.70 bits per heavy atom. The van der Waals surface area contributed by atoms with Crippen molar-refractivity contribution < 1.29 is 4.79 Å². The number of hydrogen-bond acceptors (Lipinski definition) is 2. The van der Waals surface area contributed by atoms with Crippen molar-refractivity contribution in [3.8, 4) is 0 Å². The number of likely N-dealkylation sites (N-methyl/N-ethyl adjacent to an activating group) is 1. The predicted octanol–water partition coefficient (Wildman–Crippen LogP) is 2.92. The van der Waals surface area contributed by atoms with Crippen LogP contribution in [-0.2, 0) is 4.79 Å². The summed E-state index contributed by atoms with van der Waals surface area (Å²) >= 11 is 0. The van der Waals surface area contributed by atoms with Crippen molar-refractivity contribution in [1.29, 1.82) is 0 Å². The van der Waals surface area contributed by atoms with E-state index in [1.54, 1.807) is 24.6 Å². The number of rotatable bonds is 7. The lowest BCUT2D eigenvalue weighted by molar-refractivity contribution is -0.127. The van der Waals surface area contributed by atoms with Crippen LogP contribution in [0.15, 0.2) is 16.6 Å². The SMILES string of the molecule is CCC(C)NC(=NCC(=O)N(C)C)NCCC1=CCCCC1.I. The Balaban J connectivity index is 0.00000484. The first-order chi connectivity index (χ1) is 10.5. The number of nitrogens with one attached hydrogen (secondary N) is 2. The van der Waals surface area contributed by atoms with Crippen LogP contribution in [0.3, 0.4) is 0 Å². The Kier molecular flexibility index (Phi) is 12.2. The largest absolute Gasteiger partial charge is 0.356 e. The first-order valence-corrected chi connectivity index (χ1v) is 8.45. The zero-order chi connectivity index (χ0) is 16.4. The standard InChI is InChI=1S/C17H32N4O.HI/c1-5-14(2)20-17(19-13-16(22)21(3)4)18-12-11-15-9-7-6-8-10-15;/h9,14H,5-8,10-13H2,1-4H3,(H2,18,19,20);1H. The topological polar surface area (TPSA) is 56.7 Å². The molecule has 0 fully saturated rings. The fourth-order valence-electron chi connectivity index (χ4n) is 2.25. The van der Waals surface area contributed by atoms with E-state index in [9.17, 15) is 4.79 Å². The van der Waals surface area contributed by atoms with Crippen molar-refractivity contribution in [3.63, 3.8) is 0 Å². The van der Waals surface area contributed by atoms with Gasteiger partial charge in [-0.2, -0.15) is 0 Å². The molecule has 5 nitrogen and oxygen atoms in total. The Bertz CT molecular complexity index is 407. The van der Waals surface area contributed by atoms with Crippen LogP contribution in [0.5, 0.6) is 0 Å². The van der Waals surface area contributed by atoms with E-state index < -0.39 is 0 Å². The fourth-order valence-corrected chi connectivity index (χ4v) is 2.25. The van der Waals surface area contributed by atoms with E-state index in [0.717, 1.165) is 25.3 Å². The minimum Gasteiger partial charge on any atom is -0.356 e. The predicted molar refractivity (Wildman–Crippen MR) is 108 cm³/mol. The van der Waals surface area contributed by atoms with Gasteiger partial charge in [0.25, 0.3) is 0 Å². The van der Waals surface area contributed by atoms with Crippen LogP contribution in [0.1, 0.15) is 52.4 Å². The smallest absolute Gasteiger partial charge is 0.243 e. The maximum absolute atomic E-state index is 11.7. The van der Waals surface area contributed by atoms with E-state index in [2.05, 4.69) is 35.5 Å². The molecule has 0 saturated heterocycles. The van der Waals surface area contributed by atoms with Crippen molar-refractivity contribution in [1.82, 2.24) is 15.5 Å². The molecule has 0 saturated carbocycles. The summed E-state index contributed by atoms with van der Waals surface area (Å²) in [4.78, 5) is 17.6. The molecule has 1 rings (SSSR count). The number of allylic oxidation sites excluding steroid dienone is 1. The number of amides is 1. The molecule has 1 atom stereocenters. The molecule has 1 aliphatic carbocycles. The molecular weight excluding hydrogens is 403 g/mol. The van der Waals surface area contributed by atoms with Crippen LogP contribution in [0, 0.1) is 0 Å². The van der Waals surface area contributed by atoms with Gasteiger partial charge in [-0.25, -0.2) is 4.99 Å². The van der Waals surface area contributed by atoms with Crippen molar-refractivity contribution in [2.45, 2.75) is 58.4 Å². The van der Waals surface area contributed by atoms with Crippen LogP contribution in [0.25, 0.3) is 0 Å². The van der Waals surface area contributed by atoms with Crippen molar-refractivity contribution in [2.24, 2.45) is 4.99 Å². The van der Waals surface area contributed by atoms with Crippen LogP contribution < -0.4 is 10.6 Å².